The second-order valence-electron chi connectivity index (χ2n) is 3.92. The number of benzene rings is 1. The predicted molar refractivity (Wildman–Crippen MR) is 76.5 cm³/mol. The highest BCUT2D eigenvalue weighted by atomic mass is 35.5. The lowest BCUT2D eigenvalue weighted by molar-refractivity contribution is 1.18. The number of anilines is 3. The maximum absolute atomic E-state index is 6.07. The summed E-state index contributed by atoms with van der Waals surface area (Å²) >= 11 is 6.07. The first-order chi connectivity index (χ1) is 9.25. The van der Waals surface area contributed by atoms with Crippen LogP contribution in [0.4, 0.5) is 17.3 Å². The number of hydrogen-bond donors (Lipinski definition) is 2. The van der Waals surface area contributed by atoms with E-state index in [-0.39, 0.29) is 5.82 Å². The molecule has 0 aliphatic carbocycles. The van der Waals surface area contributed by atoms with Gasteiger partial charge in [0, 0.05) is 17.3 Å². The summed E-state index contributed by atoms with van der Waals surface area (Å²) in [5.74, 6) is 0.725. The van der Waals surface area contributed by atoms with Crippen molar-refractivity contribution in [2.75, 3.05) is 11.1 Å². The van der Waals surface area contributed by atoms with Gasteiger partial charge in [0.2, 0.25) is 0 Å². The average Bonchev–Trinajstić information content (AvgIpc) is 2.44. The highest BCUT2D eigenvalue weighted by Gasteiger charge is 2.08. The number of nitrogens with two attached hydrogens (primary N) is 1. The van der Waals surface area contributed by atoms with Gasteiger partial charge in [0.05, 0.1) is 5.52 Å². The van der Waals surface area contributed by atoms with Crippen molar-refractivity contribution >= 4 is 39.8 Å². The lowest BCUT2D eigenvalue weighted by atomic mass is 10.2. The number of fused-ring (bicyclic) bond motifs is 1. The van der Waals surface area contributed by atoms with Crippen LogP contribution in [0.25, 0.3) is 10.9 Å². The number of nitrogens with zero attached hydrogens (tertiary/aromatic N) is 3. The fourth-order valence-electron chi connectivity index (χ4n) is 1.81. The van der Waals surface area contributed by atoms with Crippen LogP contribution >= 0.6 is 11.6 Å². The number of halogens is 1. The third kappa shape index (κ3) is 2.15. The van der Waals surface area contributed by atoms with E-state index in [2.05, 4.69) is 20.3 Å². The van der Waals surface area contributed by atoms with Gasteiger partial charge in [-0.25, -0.2) is 9.97 Å². The quantitative estimate of drug-likeness (QED) is 0.749. The molecule has 5 nitrogen and oxygen atoms in total. The molecule has 2 heterocycles. The molecule has 0 unspecified atom stereocenters. The number of rotatable bonds is 2. The molecule has 6 heteroatoms. The molecule has 0 amide bonds. The van der Waals surface area contributed by atoms with Crippen LogP contribution in [0.1, 0.15) is 0 Å². The third-order valence-electron chi connectivity index (χ3n) is 2.72. The van der Waals surface area contributed by atoms with Crippen LogP contribution in [0, 0.1) is 0 Å². The topological polar surface area (TPSA) is 76.7 Å². The Morgan fingerprint density at radius 3 is 2.84 bits per heavy atom. The van der Waals surface area contributed by atoms with E-state index < -0.39 is 0 Å². The summed E-state index contributed by atoms with van der Waals surface area (Å²) in [5, 5.41) is 4.45. The number of nitrogen functional groups attached to an aromatic ring is 1. The zero-order valence-electron chi connectivity index (χ0n) is 9.84. The van der Waals surface area contributed by atoms with Crippen LogP contribution in [0.2, 0.25) is 5.02 Å². The van der Waals surface area contributed by atoms with Gasteiger partial charge in [0.1, 0.15) is 17.2 Å². The number of aromatic nitrogens is 3. The van der Waals surface area contributed by atoms with Crippen LogP contribution in [0.3, 0.4) is 0 Å². The Morgan fingerprint density at radius 2 is 1.95 bits per heavy atom. The summed E-state index contributed by atoms with van der Waals surface area (Å²) < 4.78 is 0. The van der Waals surface area contributed by atoms with Gasteiger partial charge in [-0.05, 0) is 24.3 Å². The Morgan fingerprint density at radius 1 is 1.05 bits per heavy atom. The number of hydrogen-bond acceptors (Lipinski definition) is 5. The van der Waals surface area contributed by atoms with E-state index in [0.29, 0.717) is 10.8 Å². The predicted octanol–water partition coefficient (Wildman–Crippen LogP) is 3.00. The van der Waals surface area contributed by atoms with Crippen LogP contribution in [0.5, 0.6) is 0 Å². The summed E-state index contributed by atoms with van der Waals surface area (Å²) in [6.07, 6.45) is 3.12. The van der Waals surface area contributed by atoms with Crippen molar-refractivity contribution in [2.24, 2.45) is 0 Å². The van der Waals surface area contributed by atoms with Crippen molar-refractivity contribution in [1.82, 2.24) is 15.0 Å². The first kappa shape index (κ1) is 11.7. The van der Waals surface area contributed by atoms with Gasteiger partial charge < -0.3 is 11.1 Å². The maximum atomic E-state index is 6.07. The summed E-state index contributed by atoms with van der Waals surface area (Å²) in [6, 6.07) is 9.64. The van der Waals surface area contributed by atoms with Crippen LogP contribution in [-0.4, -0.2) is 15.0 Å². The molecule has 0 saturated heterocycles. The molecule has 0 radical (unpaired) electrons. The van der Waals surface area contributed by atoms with E-state index in [1.54, 1.807) is 6.20 Å². The molecular formula is C13H10ClN5. The molecule has 2 aromatic heterocycles. The van der Waals surface area contributed by atoms with Gasteiger partial charge in [-0.1, -0.05) is 17.7 Å². The monoisotopic (exact) mass is 271 g/mol. The second-order valence-corrected chi connectivity index (χ2v) is 4.30. The maximum Gasteiger partial charge on any atom is 0.154 e. The Hall–Kier alpha value is -2.40. The van der Waals surface area contributed by atoms with Crippen molar-refractivity contribution in [3.8, 4) is 0 Å². The summed E-state index contributed by atoms with van der Waals surface area (Å²) in [7, 11) is 0. The first-order valence-corrected chi connectivity index (χ1v) is 6.00. The lowest BCUT2D eigenvalue weighted by Gasteiger charge is -2.10. The first-order valence-electron chi connectivity index (χ1n) is 5.62. The van der Waals surface area contributed by atoms with E-state index in [0.717, 1.165) is 16.6 Å². The molecule has 19 heavy (non-hydrogen) atoms. The van der Waals surface area contributed by atoms with Gasteiger partial charge in [-0.3, -0.25) is 4.98 Å². The normalized spacial score (nSPS) is 10.6. The SMILES string of the molecule is Nc1ncnc(Nc2cccc3ncccc23)c1Cl. The Bertz CT molecular complexity index is 739. The molecular weight excluding hydrogens is 262 g/mol. The molecule has 0 saturated carbocycles. The summed E-state index contributed by atoms with van der Waals surface area (Å²) in [6.45, 7) is 0. The zero-order valence-corrected chi connectivity index (χ0v) is 10.6. The minimum absolute atomic E-state index is 0.248. The molecule has 0 bridgehead atoms. The van der Waals surface area contributed by atoms with E-state index >= 15 is 0 Å². The molecule has 0 atom stereocenters. The van der Waals surface area contributed by atoms with Crippen LogP contribution in [0.15, 0.2) is 42.9 Å². The van der Waals surface area contributed by atoms with E-state index in [9.17, 15) is 0 Å². The Labute approximate surface area is 114 Å². The van der Waals surface area contributed by atoms with Crippen molar-refractivity contribution < 1.29 is 0 Å². The van der Waals surface area contributed by atoms with Crippen molar-refractivity contribution in [3.63, 3.8) is 0 Å². The van der Waals surface area contributed by atoms with E-state index in [1.807, 2.05) is 30.3 Å². The van der Waals surface area contributed by atoms with Crippen molar-refractivity contribution in [2.45, 2.75) is 0 Å². The Kier molecular flexibility index (Phi) is 2.89. The van der Waals surface area contributed by atoms with Gasteiger partial charge in [-0.15, -0.1) is 0 Å². The highest BCUT2D eigenvalue weighted by molar-refractivity contribution is 6.35. The van der Waals surface area contributed by atoms with Crippen molar-refractivity contribution in [1.29, 1.82) is 0 Å². The zero-order chi connectivity index (χ0) is 13.2. The van der Waals surface area contributed by atoms with Gasteiger partial charge >= 0.3 is 0 Å². The van der Waals surface area contributed by atoms with E-state index in [1.165, 1.54) is 6.33 Å². The van der Waals surface area contributed by atoms with Gasteiger partial charge in [0.25, 0.3) is 0 Å². The number of nitrogens with one attached hydrogen (secondary N) is 1. The molecule has 0 aliphatic rings. The third-order valence-corrected chi connectivity index (χ3v) is 3.09. The van der Waals surface area contributed by atoms with Gasteiger partial charge in [-0.2, -0.15) is 0 Å². The molecule has 0 fully saturated rings. The van der Waals surface area contributed by atoms with E-state index in [4.69, 9.17) is 17.3 Å². The molecule has 0 spiro atoms. The summed E-state index contributed by atoms with van der Waals surface area (Å²) in [4.78, 5) is 12.2. The van der Waals surface area contributed by atoms with Crippen LogP contribution in [-0.2, 0) is 0 Å². The molecule has 3 N–H and O–H groups in total. The van der Waals surface area contributed by atoms with Crippen molar-refractivity contribution in [3.05, 3.63) is 47.9 Å². The van der Waals surface area contributed by atoms with Crippen LogP contribution < -0.4 is 11.1 Å². The average molecular weight is 272 g/mol. The largest absolute Gasteiger partial charge is 0.382 e. The minimum atomic E-state index is 0.248. The smallest absolute Gasteiger partial charge is 0.154 e. The highest BCUT2D eigenvalue weighted by Crippen LogP contribution is 2.29. The van der Waals surface area contributed by atoms with Gasteiger partial charge in [0.15, 0.2) is 5.82 Å². The second kappa shape index (κ2) is 4.70. The molecule has 94 valence electrons. The number of pyridine rings is 1. The fourth-order valence-corrected chi connectivity index (χ4v) is 1.96. The summed E-state index contributed by atoms with van der Waals surface area (Å²) in [5.41, 5.74) is 7.41. The lowest BCUT2D eigenvalue weighted by Crippen LogP contribution is -2.00. The minimum Gasteiger partial charge on any atom is -0.382 e. The fraction of sp³-hybridized carbons (Fsp3) is 0. The molecule has 1 aromatic carbocycles. The standard InChI is InChI=1S/C13H10ClN5/c14-11-12(15)17-7-18-13(11)19-10-5-1-4-9-8(10)3-2-6-16-9/h1-7H,(H3,15,17,18,19). The molecule has 0 aliphatic heterocycles. The molecule has 3 rings (SSSR count). The molecule has 3 aromatic rings. The Balaban J connectivity index is 2.09.